The number of alkyl halides is 1. The summed E-state index contributed by atoms with van der Waals surface area (Å²) in [6, 6.07) is 0. The van der Waals surface area contributed by atoms with E-state index in [2.05, 4.69) is 0 Å². The van der Waals surface area contributed by atoms with Crippen LogP contribution in [0.1, 0.15) is 0 Å². The number of carboxylic acids is 2. The number of hydrogen-bond acceptors (Lipinski definition) is 2. The van der Waals surface area contributed by atoms with Gasteiger partial charge in [-0.05, 0) is 0 Å². The predicted octanol–water partition coefficient (Wildman–Crippen LogP) is 1.50. The van der Waals surface area contributed by atoms with E-state index < -0.39 is 41.0 Å². The van der Waals surface area contributed by atoms with Crippen molar-refractivity contribution < 1.29 is 37.4 Å². The number of carboxylic acid groups (broad SMARTS) is 2. The monoisotopic (exact) mass is 240 g/mol. The lowest BCUT2D eigenvalue weighted by Gasteiger charge is -2.27. The summed E-state index contributed by atoms with van der Waals surface area (Å²) in [6.45, 7) is 0. The van der Waals surface area contributed by atoms with Crippen molar-refractivity contribution in [1.29, 1.82) is 0 Å². The number of hydrogen-bond donors (Lipinski definition) is 2. The van der Waals surface area contributed by atoms with Crippen LogP contribution in [-0.2, 0) is 9.59 Å². The SMILES string of the molecule is O=C(O)C1C(F)=C(F)C=C(F)C1(F)C(=O)O. The van der Waals surface area contributed by atoms with Gasteiger partial charge in [-0.3, -0.25) is 4.79 Å². The van der Waals surface area contributed by atoms with E-state index in [1.807, 2.05) is 0 Å². The molecule has 16 heavy (non-hydrogen) atoms. The molecular formula is C8H4F4O4. The van der Waals surface area contributed by atoms with Gasteiger partial charge in [-0.15, -0.1) is 0 Å². The maximum absolute atomic E-state index is 13.6. The molecule has 0 aliphatic heterocycles. The molecule has 0 radical (unpaired) electrons. The standard InChI is InChI=1S/C8H4F4O4/c9-2-1-3(10)8(12,7(15)16)4(5(2)11)6(13)14/h1,4H,(H,13,14)(H,15,16). The second-order valence-electron chi connectivity index (χ2n) is 2.98. The Morgan fingerprint density at radius 1 is 1.25 bits per heavy atom. The molecular weight excluding hydrogens is 236 g/mol. The number of carbonyl (C=O) groups is 2. The molecule has 1 rings (SSSR count). The molecule has 0 amide bonds. The van der Waals surface area contributed by atoms with Crippen LogP contribution in [-0.4, -0.2) is 27.8 Å². The minimum Gasteiger partial charge on any atom is -0.481 e. The summed E-state index contributed by atoms with van der Waals surface area (Å²) < 4.78 is 52.0. The Morgan fingerprint density at radius 3 is 2.12 bits per heavy atom. The Labute approximate surface area is 85.5 Å². The van der Waals surface area contributed by atoms with E-state index in [1.54, 1.807) is 0 Å². The van der Waals surface area contributed by atoms with Crippen LogP contribution in [0.2, 0.25) is 0 Å². The van der Waals surface area contributed by atoms with Crippen LogP contribution in [0.4, 0.5) is 17.6 Å². The fourth-order valence-electron chi connectivity index (χ4n) is 1.24. The molecule has 4 nitrogen and oxygen atoms in total. The van der Waals surface area contributed by atoms with Crippen molar-refractivity contribution >= 4 is 11.9 Å². The van der Waals surface area contributed by atoms with Gasteiger partial charge in [0.15, 0.2) is 23.4 Å². The molecule has 1 aliphatic rings. The molecule has 0 fully saturated rings. The molecule has 0 aromatic heterocycles. The molecule has 2 unspecified atom stereocenters. The van der Waals surface area contributed by atoms with Gasteiger partial charge < -0.3 is 10.2 Å². The van der Waals surface area contributed by atoms with Crippen LogP contribution in [0.5, 0.6) is 0 Å². The van der Waals surface area contributed by atoms with E-state index in [1.165, 1.54) is 0 Å². The first kappa shape index (κ1) is 12.2. The van der Waals surface area contributed by atoms with Crippen molar-refractivity contribution in [1.82, 2.24) is 0 Å². The third kappa shape index (κ3) is 1.46. The third-order valence-corrected chi connectivity index (χ3v) is 2.04. The maximum Gasteiger partial charge on any atom is 0.350 e. The topological polar surface area (TPSA) is 74.6 Å². The van der Waals surface area contributed by atoms with Crippen molar-refractivity contribution in [2.45, 2.75) is 5.67 Å². The Kier molecular flexibility index (Phi) is 2.76. The van der Waals surface area contributed by atoms with E-state index in [0.717, 1.165) is 0 Å². The quantitative estimate of drug-likeness (QED) is 0.717. The molecule has 88 valence electrons. The van der Waals surface area contributed by atoms with Crippen LogP contribution < -0.4 is 0 Å². The first-order valence-corrected chi connectivity index (χ1v) is 3.80. The van der Waals surface area contributed by atoms with Gasteiger partial charge in [0.2, 0.25) is 0 Å². The van der Waals surface area contributed by atoms with Crippen molar-refractivity contribution in [3.63, 3.8) is 0 Å². The van der Waals surface area contributed by atoms with Gasteiger partial charge in [-0.2, -0.15) is 0 Å². The minimum atomic E-state index is -4.13. The summed E-state index contributed by atoms with van der Waals surface area (Å²) in [5, 5.41) is 16.8. The zero-order valence-electron chi connectivity index (χ0n) is 7.38. The number of aliphatic carboxylic acids is 2. The Morgan fingerprint density at radius 2 is 1.75 bits per heavy atom. The molecule has 0 heterocycles. The molecule has 0 spiro atoms. The zero-order valence-corrected chi connectivity index (χ0v) is 7.38. The van der Waals surface area contributed by atoms with Crippen molar-refractivity contribution in [3.8, 4) is 0 Å². The minimum absolute atomic E-state index is 0.330. The summed E-state index contributed by atoms with van der Waals surface area (Å²) >= 11 is 0. The van der Waals surface area contributed by atoms with Crippen molar-refractivity contribution in [2.75, 3.05) is 0 Å². The lowest BCUT2D eigenvalue weighted by Crippen LogP contribution is -2.48. The summed E-state index contributed by atoms with van der Waals surface area (Å²) in [4.78, 5) is 20.9. The number of halogens is 4. The first-order chi connectivity index (χ1) is 7.22. The lowest BCUT2D eigenvalue weighted by atomic mass is 9.83. The van der Waals surface area contributed by atoms with Crippen LogP contribution in [0.15, 0.2) is 23.6 Å². The second kappa shape index (κ2) is 3.62. The molecule has 2 N–H and O–H groups in total. The maximum atomic E-state index is 13.6. The van der Waals surface area contributed by atoms with Gasteiger partial charge in [0.1, 0.15) is 0 Å². The molecule has 8 heteroatoms. The highest BCUT2D eigenvalue weighted by molar-refractivity contribution is 5.91. The summed E-state index contributed by atoms with van der Waals surface area (Å²) in [6.07, 6.45) is -0.330. The highest BCUT2D eigenvalue weighted by Crippen LogP contribution is 2.43. The second-order valence-corrected chi connectivity index (χ2v) is 2.98. The zero-order chi connectivity index (χ0) is 12.7. The van der Waals surface area contributed by atoms with Gasteiger partial charge in [-0.1, -0.05) is 0 Å². The average Bonchev–Trinajstić information content (AvgIpc) is 2.14. The molecule has 0 aromatic carbocycles. The van der Waals surface area contributed by atoms with E-state index in [0.29, 0.717) is 0 Å². The smallest absolute Gasteiger partial charge is 0.350 e. The van der Waals surface area contributed by atoms with Gasteiger partial charge >= 0.3 is 11.9 Å². The van der Waals surface area contributed by atoms with Crippen molar-refractivity contribution in [2.24, 2.45) is 5.92 Å². The van der Waals surface area contributed by atoms with Gasteiger partial charge in [0.25, 0.3) is 5.67 Å². The Bertz CT molecular complexity index is 428. The predicted molar refractivity (Wildman–Crippen MR) is 41.0 cm³/mol. The molecule has 0 saturated carbocycles. The summed E-state index contributed by atoms with van der Waals surface area (Å²) in [5.74, 6) is -14.3. The lowest BCUT2D eigenvalue weighted by molar-refractivity contribution is -0.162. The molecule has 0 bridgehead atoms. The Balaban J connectivity index is 3.46. The van der Waals surface area contributed by atoms with E-state index in [4.69, 9.17) is 10.2 Å². The normalized spacial score (nSPS) is 30.0. The summed E-state index contributed by atoms with van der Waals surface area (Å²) in [5.41, 5.74) is -4.13. The van der Waals surface area contributed by atoms with Crippen LogP contribution >= 0.6 is 0 Å². The molecule has 0 aromatic rings. The van der Waals surface area contributed by atoms with Crippen molar-refractivity contribution in [3.05, 3.63) is 23.6 Å². The number of allylic oxidation sites excluding steroid dienone is 2. The van der Waals surface area contributed by atoms with Gasteiger partial charge in [0, 0.05) is 6.08 Å². The molecule has 1 aliphatic carbocycles. The Hall–Kier alpha value is -1.86. The van der Waals surface area contributed by atoms with E-state index >= 15 is 0 Å². The van der Waals surface area contributed by atoms with Crippen LogP contribution in [0, 0.1) is 5.92 Å². The van der Waals surface area contributed by atoms with Crippen LogP contribution in [0.25, 0.3) is 0 Å². The average molecular weight is 240 g/mol. The van der Waals surface area contributed by atoms with Crippen LogP contribution in [0.3, 0.4) is 0 Å². The van der Waals surface area contributed by atoms with Gasteiger partial charge in [0.05, 0.1) is 0 Å². The van der Waals surface area contributed by atoms with E-state index in [-0.39, 0.29) is 6.08 Å². The molecule has 0 saturated heterocycles. The largest absolute Gasteiger partial charge is 0.481 e. The van der Waals surface area contributed by atoms with Gasteiger partial charge in [-0.25, -0.2) is 22.4 Å². The highest BCUT2D eigenvalue weighted by atomic mass is 19.2. The van der Waals surface area contributed by atoms with E-state index in [9.17, 15) is 27.2 Å². The first-order valence-electron chi connectivity index (χ1n) is 3.80. The number of rotatable bonds is 2. The fourth-order valence-corrected chi connectivity index (χ4v) is 1.24. The molecule has 2 atom stereocenters. The third-order valence-electron chi connectivity index (χ3n) is 2.04. The summed E-state index contributed by atoms with van der Waals surface area (Å²) in [7, 11) is 0. The fraction of sp³-hybridized carbons (Fsp3) is 0.250. The highest BCUT2D eigenvalue weighted by Gasteiger charge is 2.59.